The van der Waals surface area contributed by atoms with Crippen molar-refractivity contribution in [1.82, 2.24) is 4.90 Å². The topological polar surface area (TPSA) is 23.5 Å². The number of aliphatic hydroxyl groups excluding tert-OH is 1. The Morgan fingerprint density at radius 1 is 1.38 bits per heavy atom. The molecule has 1 aliphatic rings. The molecule has 2 nitrogen and oxygen atoms in total. The molecule has 1 saturated heterocycles. The zero-order valence-electron chi connectivity index (χ0n) is 12.9. The Bertz CT molecular complexity index is 532. The Balaban J connectivity index is 2.14. The van der Waals surface area contributed by atoms with E-state index in [2.05, 4.69) is 30.6 Å². The van der Waals surface area contributed by atoms with Crippen molar-refractivity contribution in [3.05, 3.63) is 35.1 Å². The maximum absolute atomic E-state index is 13.4. The molecule has 1 aromatic rings. The van der Waals surface area contributed by atoms with Crippen LogP contribution in [0.4, 0.5) is 4.39 Å². The van der Waals surface area contributed by atoms with Crippen molar-refractivity contribution in [2.75, 3.05) is 13.2 Å². The van der Waals surface area contributed by atoms with Crippen molar-refractivity contribution in [1.29, 1.82) is 0 Å². The van der Waals surface area contributed by atoms with Crippen LogP contribution in [0.1, 0.15) is 44.2 Å². The van der Waals surface area contributed by atoms with Crippen LogP contribution in [0.25, 0.3) is 0 Å². The lowest BCUT2D eigenvalue weighted by atomic mass is 9.92. The van der Waals surface area contributed by atoms with Crippen LogP contribution in [0.15, 0.2) is 18.2 Å². The molecular formula is C18H24FNO. The third-order valence-corrected chi connectivity index (χ3v) is 4.18. The predicted molar refractivity (Wildman–Crippen MR) is 83.3 cm³/mol. The van der Waals surface area contributed by atoms with Gasteiger partial charge in [-0.1, -0.05) is 24.8 Å². The van der Waals surface area contributed by atoms with Crippen LogP contribution < -0.4 is 0 Å². The lowest BCUT2D eigenvalue weighted by Crippen LogP contribution is -2.39. The van der Waals surface area contributed by atoms with E-state index in [4.69, 9.17) is 5.11 Å². The lowest BCUT2D eigenvalue weighted by molar-refractivity contribution is 0.122. The highest BCUT2D eigenvalue weighted by atomic mass is 19.1. The molecule has 21 heavy (non-hydrogen) atoms. The quantitative estimate of drug-likeness (QED) is 0.864. The van der Waals surface area contributed by atoms with E-state index in [-0.39, 0.29) is 12.4 Å². The van der Waals surface area contributed by atoms with E-state index in [1.807, 2.05) is 6.07 Å². The molecule has 1 N–H and O–H groups in total. The third kappa shape index (κ3) is 4.56. The third-order valence-electron chi connectivity index (χ3n) is 4.18. The smallest absolute Gasteiger partial charge is 0.124 e. The molecule has 0 bridgehead atoms. The minimum absolute atomic E-state index is 0.0404. The monoisotopic (exact) mass is 289 g/mol. The van der Waals surface area contributed by atoms with Crippen molar-refractivity contribution < 1.29 is 9.50 Å². The molecular weight excluding hydrogens is 265 g/mol. The molecule has 2 unspecified atom stereocenters. The van der Waals surface area contributed by atoms with Crippen LogP contribution in [0.2, 0.25) is 0 Å². The van der Waals surface area contributed by atoms with Gasteiger partial charge in [0.25, 0.3) is 0 Å². The minimum Gasteiger partial charge on any atom is -0.395 e. The van der Waals surface area contributed by atoms with Crippen LogP contribution in [-0.4, -0.2) is 29.2 Å². The van der Waals surface area contributed by atoms with Gasteiger partial charge in [0.2, 0.25) is 0 Å². The number of hydrogen-bond acceptors (Lipinski definition) is 2. The Hall–Kier alpha value is -1.37. The standard InChI is InChI=1S/C18H24FNO/c1-14-8-9-20(15(2)11-14)13-17-6-7-18(19)12-16(17)5-3-4-10-21/h6-7,12,14-15,21H,4,8-11,13H2,1-2H3. The van der Waals surface area contributed by atoms with E-state index in [1.54, 1.807) is 0 Å². The largest absolute Gasteiger partial charge is 0.395 e. The predicted octanol–water partition coefficient (Wildman–Crippen LogP) is 3.18. The summed E-state index contributed by atoms with van der Waals surface area (Å²) in [6.07, 6.45) is 2.86. The highest BCUT2D eigenvalue weighted by Crippen LogP contribution is 2.24. The van der Waals surface area contributed by atoms with Gasteiger partial charge < -0.3 is 5.11 Å². The number of nitrogens with zero attached hydrogens (tertiary/aromatic N) is 1. The number of benzene rings is 1. The molecule has 0 aromatic heterocycles. The van der Waals surface area contributed by atoms with Gasteiger partial charge in [-0.3, -0.25) is 4.90 Å². The second kappa shape index (κ2) is 7.59. The summed E-state index contributed by atoms with van der Waals surface area (Å²) in [7, 11) is 0. The van der Waals surface area contributed by atoms with Crippen LogP contribution >= 0.6 is 0 Å². The molecule has 2 rings (SSSR count). The van der Waals surface area contributed by atoms with E-state index < -0.39 is 0 Å². The summed E-state index contributed by atoms with van der Waals surface area (Å²) in [6, 6.07) is 5.39. The van der Waals surface area contributed by atoms with Crippen molar-refractivity contribution >= 4 is 0 Å². The summed E-state index contributed by atoms with van der Waals surface area (Å²) >= 11 is 0. The molecule has 1 aliphatic heterocycles. The second-order valence-corrected chi connectivity index (χ2v) is 6.03. The number of piperidine rings is 1. The fourth-order valence-corrected chi connectivity index (χ4v) is 2.93. The highest BCUT2D eigenvalue weighted by Gasteiger charge is 2.23. The summed E-state index contributed by atoms with van der Waals surface area (Å²) in [5, 5.41) is 8.80. The van der Waals surface area contributed by atoms with Crippen molar-refractivity contribution in [2.24, 2.45) is 5.92 Å². The maximum Gasteiger partial charge on any atom is 0.124 e. The second-order valence-electron chi connectivity index (χ2n) is 6.03. The van der Waals surface area contributed by atoms with Gasteiger partial charge in [0, 0.05) is 24.6 Å². The average Bonchev–Trinajstić information content (AvgIpc) is 2.44. The number of likely N-dealkylation sites (tertiary alicyclic amines) is 1. The van der Waals surface area contributed by atoms with Crippen molar-refractivity contribution in [3.63, 3.8) is 0 Å². The number of halogens is 1. The van der Waals surface area contributed by atoms with Crippen LogP contribution in [-0.2, 0) is 6.54 Å². The highest BCUT2D eigenvalue weighted by molar-refractivity contribution is 5.41. The molecule has 2 atom stereocenters. The molecule has 114 valence electrons. The number of aliphatic hydroxyl groups is 1. The zero-order chi connectivity index (χ0) is 15.2. The van der Waals surface area contributed by atoms with Gasteiger partial charge in [0.1, 0.15) is 5.82 Å². The molecule has 1 fully saturated rings. The minimum atomic E-state index is -0.257. The molecule has 1 aromatic carbocycles. The summed E-state index contributed by atoms with van der Waals surface area (Å²) in [4.78, 5) is 2.45. The molecule has 0 amide bonds. The van der Waals surface area contributed by atoms with Gasteiger partial charge >= 0.3 is 0 Å². The molecule has 0 spiro atoms. The van der Waals surface area contributed by atoms with Gasteiger partial charge in [0.05, 0.1) is 6.61 Å². The Morgan fingerprint density at radius 2 is 2.19 bits per heavy atom. The van der Waals surface area contributed by atoms with Gasteiger partial charge in [-0.05, 0) is 49.9 Å². The first kappa shape index (κ1) is 16.0. The SMILES string of the molecule is CC1CCN(Cc2ccc(F)cc2C#CCCO)C(C)C1. The van der Waals surface area contributed by atoms with Crippen LogP contribution in [0.5, 0.6) is 0 Å². The summed E-state index contributed by atoms with van der Waals surface area (Å²) in [6.45, 7) is 6.51. The molecule has 0 radical (unpaired) electrons. The van der Waals surface area contributed by atoms with Crippen molar-refractivity contribution in [3.8, 4) is 11.8 Å². The van der Waals surface area contributed by atoms with Crippen molar-refractivity contribution in [2.45, 2.75) is 45.7 Å². The summed E-state index contributed by atoms with van der Waals surface area (Å²) in [5.41, 5.74) is 1.82. The first-order valence-corrected chi connectivity index (χ1v) is 7.72. The van der Waals surface area contributed by atoms with E-state index in [9.17, 15) is 4.39 Å². The lowest BCUT2D eigenvalue weighted by Gasteiger charge is -2.36. The Kier molecular flexibility index (Phi) is 5.78. The van der Waals surface area contributed by atoms with Crippen LogP contribution in [0.3, 0.4) is 0 Å². The number of rotatable bonds is 3. The zero-order valence-corrected chi connectivity index (χ0v) is 12.9. The molecule has 3 heteroatoms. The van der Waals surface area contributed by atoms with E-state index in [1.165, 1.54) is 25.0 Å². The van der Waals surface area contributed by atoms with E-state index in [0.29, 0.717) is 12.5 Å². The van der Waals surface area contributed by atoms with Gasteiger partial charge in [-0.2, -0.15) is 0 Å². The van der Waals surface area contributed by atoms with Crippen LogP contribution in [0, 0.1) is 23.6 Å². The summed E-state index contributed by atoms with van der Waals surface area (Å²) < 4.78 is 13.4. The Morgan fingerprint density at radius 3 is 2.90 bits per heavy atom. The fourth-order valence-electron chi connectivity index (χ4n) is 2.93. The van der Waals surface area contributed by atoms with Gasteiger partial charge in [-0.25, -0.2) is 4.39 Å². The average molecular weight is 289 g/mol. The fraction of sp³-hybridized carbons (Fsp3) is 0.556. The van der Waals surface area contributed by atoms with Gasteiger partial charge in [-0.15, -0.1) is 0 Å². The van der Waals surface area contributed by atoms with Gasteiger partial charge in [0.15, 0.2) is 0 Å². The van der Waals surface area contributed by atoms with E-state index >= 15 is 0 Å². The molecule has 0 saturated carbocycles. The Labute approximate surface area is 127 Å². The normalized spacial score (nSPS) is 22.7. The number of hydrogen-bond donors (Lipinski definition) is 1. The molecule has 1 heterocycles. The first-order valence-electron chi connectivity index (χ1n) is 7.72. The maximum atomic E-state index is 13.4. The first-order chi connectivity index (χ1) is 10.1. The molecule has 0 aliphatic carbocycles. The van der Waals surface area contributed by atoms with E-state index in [0.717, 1.165) is 30.1 Å². The summed E-state index contributed by atoms with van der Waals surface area (Å²) in [5.74, 6) is 6.41.